The molecule has 0 spiro atoms. The molecule has 1 nitrogen and oxygen atoms in total. The van der Waals surface area contributed by atoms with Crippen LogP contribution in [0.1, 0.15) is 62.1 Å². The summed E-state index contributed by atoms with van der Waals surface area (Å²) < 4.78 is 40.5. The van der Waals surface area contributed by atoms with E-state index in [0.717, 1.165) is 27.8 Å². The molecular formula is C24H28F3NS. The molecule has 156 valence electrons. The summed E-state index contributed by atoms with van der Waals surface area (Å²) in [5.41, 5.74) is 2.29. The van der Waals surface area contributed by atoms with Gasteiger partial charge in [-0.2, -0.15) is 13.2 Å². The quantitative estimate of drug-likeness (QED) is 0.453. The summed E-state index contributed by atoms with van der Waals surface area (Å²) in [5, 5.41) is 3.42. The Kier molecular flexibility index (Phi) is 6.14. The summed E-state index contributed by atoms with van der Waals surface area (Å²) in [5.74, 6) is 1.39. The van der Waals surface area contributed by atoms with Gasteiger partial charge in [-0.1, -0.05) is 62.6 Å². The number of rotatable bonds is 5. The van der Waals surface area contributed by atoms with Crippen molar-refractivity contribution in [2.45, 2.75) is 67.8 Å². The molecule has 1 N–H and O–H groups in total. The topological polar surface area (TPSA) is 12.0 Å². The predicted octanol–water partition coefficient (Wildman–Crippen LogP) is 7.78. The molecule has 2 aromatic rings. The second kappa shape index (κ2) is 8.63. The van der Waals surface area contributed by atoms with Gasteiger partial charge in [-0.05, 0) is 54.0 Å². The van der Waals surface area contributed by atoms with E-state index in [1.165, 1.54) is 68.0 Å². The third-order valence-electron chi connectivity index (χ3n) is 6.34. The number of hydrogen-bond donors (Lipinski definition) is 1. The van der Waals surface area contributed by atoms with Crippen LogP contribution in [0.3, 0.4) is 0 Å². The Balaban J connectivity index is 1.53. The van der Waals surface area contributed by atoms with E-state index in [4.69, 9.17) is 0 Å². The number of alkyl halides is 3. The molecule has 1 aliphatic heterocycles. The molecule has 0 unspecified atom stereocenters. The smallest absolute Gasteiger partial charge is 0.384 e. The molecule has 0 bridgehead atoms. The SMILES string of the molecule is CCCC1CCC(CNc2cc(C(F)(F)F)cc3c2Cc2ccccc2S3)CC1. The maximum atomic E-state index is 13.5. The van der Waals surface area contributed by atoms with Crippen molar-refractivity contribution in [2.24, 2.45) is 11.8 Å². The minimum Gasteiger partial charge on any atom is -0.384 e. The lowest BCUT2D eigenvalue weighted by atomic mass is 9.80. The van der Waals surface area contributed by atoms with Crippen LogP contribution in [0.5, 0.6) is 0 Å². The highest BCUT2D eigenvalue weighted by molar-refractivity contribution is 7.99. The van der Waals surface area contributed by atoms with Crippen LogP contribution in [-0.4, -0.2) is 6.54 Å². The van der Waals surface area contributed by atoms with Gasteiger partial charge in [-0.25, -0.2) is 0 Å². The van der Waals surface area contributed by atoms with E-state index in [0.29, 0.717) is 18.0 Å². The summed E-state index contributed by atoms with van der Waals surface area (Å²) in [6.45, 7) is 3.00. The summed E-state index contributed by atoms with van der Waals surface area (Å²) in [6.07, 6.45) is 3.76. The van der Waals surface area contributed by atoms with Crippen molar-refractivity contribution >= 4 is 17.4 Å². The molecule has 1 aliphatic carbocycles. The van der Waals surface area contributed by atoms with Crippen molar-refractivity contribution in [3.8, 4) is 0 Å². The van der Waals surface area contributed by atoms with E-state index in [9.17, 15) is 13.2 Å². The van der Waals surface area contributed by atoms with E-state index in [1.54, 1.807) is 0 Å². The second-order valence-electron chi connectivity index (χ2n) is 8.44. The van der Waals surface area contributed by atoms with Gasteiger partial charge in [0.1, 0.15) is 0 Å². The molecule has 2 aliphatic rings. The highest BCUT2D eigenvalue weighted by Gasteiger charge is 2.33. The fourth-order valence-corrected chi connectivity index (χ4v) is 5.83. The monoisotopic (exact) mass is 419 g/mol. The van der Waals surface area contributed by atoms with Gasteiger partial charge in [0.05, 0.1) is 5.56 Å². The average molecular weight is 420 g/mol. The van der Waals surface area contributed by atoms with Gasteiger partial charge in [-0.15, -0.1) is 0 Å². The summed E-state index contributed by atoms with van der Waals surface area (Å²) in [6, 6.07) is 10.6. The molecule has 0 saturated heterocycles. The van der Waals surface area contributed by atoms with Crippen molar-refractivity contribution in [2.75, 3.05) is 11.9 Å². The van der Waals surface area contributed by atoms with Gasteiger partial charge in [0.25, 0.3) is 0 Å². The maximum absolute atomic E-state index is 13.5. The first-order chi connectivity index (χ1) is 13.9. The molecule has 0 amide bonds. The second-order valence-corrected chi connectivity index (χ2v) is 9.52. The first-order valence-corrected chi connectivity index (χ1v) is 11.5. The van der Waals surface area contributed by atoms with Gasteiger partial charge >= 0.3 is 6.18 Å². The highest BCUT2D eigenvalue weighted by Crippen LogP contribution is 2.45. The molecule has 5 heteroatoms. The molecule has 0 radical (unpaired) electrons. The Labute approximate surface area is 175 Å². The van der Waals surface area contributed by atoms with Crippen LogP contribution in [0.15, 0.2) is 46.2 Å². The lowest BCUT2D eigenvalue weighted by Gasteiger charge is -2.30. The zero-order valence-corrected chi connectivity index (χ0v) is 17.6. The largest absolute Gasteiger partial charge is 0.416 e. The fraction of sp³-hybridized carbons (Fsp3) is 0.500. The number of fused-ring (bicyclic) bond motifs is 2. The Morgan fingerprint density at radius 1 is 1.00 bits per heavy atom. The van der Waals surface area contributed by atoms with Crippen LogP contribution in [0.4, 0.5) is 18.9 Å². The van der Waals surface area contributed by atoms with E-state index < -0.39 is 11.7 Å². The van der Waals surface area contributed by atoms with Crippen LogP contribution < -0.4 is 5.32 Å². The molecule has 0 aromatic heterocycles. The van der Waals surface area contributed by atoms with Gasteiger partial charge in [0.15, 0.2) is 0 Å². The molecular weight excluding hydrogens is 391 g/mol. The first-order valence-electron chi connectivity index (χ1n) is 10.7. The molecule has 2 aromatic carbocycles. The van der Waals surface area contributed by atoms with Gasteiger partial charge in [0, 0.05) is 28.4 Å². The zero-order chi connectivity index (χ0) is 20.4. The Bertz CT molecular complexity index is 854. The Morgan fingerprint density at radius 2 is 1.72 bits per heavy atom. The third kappa shape index (κ3) is 4.76. The number of nitrogens with one attached hydrogen (secondary N) is 1. The standard InChI is InChI=1S/C24H28F3NS/c1-2-5-16-8-10-17(11-9-16)15-28-21-13-19(24(25,26)27)14-23-20(21)12-18-6-3-4-7-22(18)29-23/h3-4,6-7,13-14,16-17,28H,2,5,8-12,15H2,1H3. The lowest BCUT2D eigenvalue weighted by Crippen LogP contribution is -2.22. The minimum atomic E-state index is -4.33. The van der Waals surface area contributed by atoms with E-state index in [2.05, 4.69) is 18.3 Å². The van der Waals surface area contributed by atoms with Gasteiger partial charge in [-0.3, -0.25) is 0 Å². The molecule has 1 saturated carbocycles. The lowest BCUT2D eigenvalue weighted by molar-refractivity contribution is -0.137. The van der Waals surface area contributed by atoms with E-state index in [1.807, 2.05) is 18.2 Å². The van der Waals surface area contributed by atoms with Crippen molar-refractivity contribution in [3.05, 3.63) is 53.1 Å². The van der Waals surface area contributed by atoms with Crippen molar-refractivity contribution in [1.82, 2.24) is 0 Å². The molecule has 1 heterocycles. The average Bonchev–Trinajstić information content (AvgIpc) is 2.71. The molecule has 4 rings (SSSR count). The van der Waals surface area contributed by atoms with Crippen LogP contribution in [0.25, 0.3) is 0 Å². The first kappa shape index (κ1) is 20.6. The maximum Gasteiger partial charge on any atom is 0.416 e. The fourth-order valence-electron chi connectivity index (χ4n) is 4.69. The van der Waals surface area contributed by atoms with Gasteiger partial charge < -0.3 is 5.32 Å². The summed E-state index contributed by atoms with van der Waals surface area (Å²) >= 11 is 1.45. The number of anilines is 1. The molecule has 1 fully saturated rings. The van der Waals surface area contributed by atoms with E-state index >= 15 is 0 Å². The van der Waals surface area contributed by atoms with Crippen molar-refractivity contribution < 1.29 is 13.2 Å². The predicted molar refractivity (Wildman–Crippen MR) is 114 cm³/mol. The zero-order valence-electron chi connectivity index (χ0n) is 16.8. The number of benzene rings is 2. The molecule has 29 heavy (non-hydrogen) atoms. The number of hydrogen-bond acceptors (Lipinski definition) is 2. The normalized spacial score (nSPS) is 21.4. The number of halogens is 3. The third-order valence-corrected chi connectivity index (χ3v) is 7.54. The van der Waals surface area contributed by atoms with Crippen LogP contribution in [0, 0.1) is 11.8 Å². The van der Waals surface area contributed by atoms with Crippen molar-refractivity contribution in [3.63, 3.8) is 0 Å². The van der Waals surface area contributed by atoms with E-state index in [-0.39, 0.29) is 0 Å². The van der Waals surface area contributed by atoms with Crippen LogP contribution in [-0.2, 0) is 12.6 Å². The summed E-state index contributed by atoms with van der Waals surface area (Å²) in [7, 11) is 0. The Morgan fingerprint density at radius 3 is 2.45 bits per heavy atom. The highest BCUT2D eigenvalue weighted by atomic mass is 32.2. The van der Waals surface area contributed by atoms with Crippen LogP contribution in [0.2, 0.25) is 0 Å². The van der Waals surface area contributed by atoms with Crippen LogP contribution >= 0.6 is 11.8 Å². The molecule has 0 atom stereocenters. The van der Waals surface area contributed by atoms with Gasteiger partial charge in [0.2, 0.25) is 0 Å². The van der Waals surface area contributed by atoms with Crippen molar-refractivity contribution in [1.29, 1.82) is 0 Å². The minimum absolute atomic E-state index is 0.553. The Hall–Kier alpha value is -1.62. The summed E-state index contributed by atoms with van der Waals surface area (Å²) in [4.78, 5) is 1.78.